The van der Waals surface area contributed by atoms with Crippen molar-refractivity contribution < 1.29 is 33.5 Å². The van der Waals surface area contributed by atoms with Crippen molar-refractivity contribution in [3.8, 4) is 0 Å². The zero-order chi connectivity index (χ0) is 9.72. The van der Waals surface area contributed by atoms with E-state index in [2.05, 4.69) is 0 Å². The molecule has 8 heteroatoms. The average molecular weight is 238 g/mol. The summed E-state index contributed by atoms with van der Waals surface area (Å²) < 4.78 is 0. The molecule has 0 aromatic rings. The summed E-state index contributed by atoms with van der Waals surface area (Å²) in [6.45, 7) is -1.45. The Hall–Kier alpha value is 1.06. The Morgan fingerprint density at radius 1 is 0.786 bits per heavy atom. The summed E-state index contributed by atoms with van der Waals surface area (Å²) in [5, 5.41) is 52.2. The van der Waals surface area contributed by atoms with Crippen LogP contribution in [0.1, 0.15) is 2.85 Å². The van der Waals surface area contributed by atoms with E-state index in [1.165, 1.54) is 0 Å². The molecule has 6 nitrogen and oxygen atoms in total. The zero-order valence-corrected chi connectivity index (χ0v) is 8.53. The van der Waals surface area contributed by atoms with Gasteiger partial charge in [-0.25, -0.2) is 0 Å². The summed E-state index contributed by atoms with van der Waals surface area (Å²) in [7, 11) is 0. The molecule has 14 heavy (non-hydrogen) atoms. The van der Waals surface area contributed by atoms with Gasteiger partial charge >= 0.3 is 23.1 Å². The van der Waals surface area contributed by atoms with E-state index in [1.807, 2.05) is 0 Å². The van der Waals surface area contributed by atoms with Crippen molar-refractivity contribution >= 4 is 40.4 Å². The maximum atomic E-state index is 8.96. The minimum Gasteiger partial charge on any atom is -1.00 e. The molecule has 0 saturated carbocycles. The summed E-state index contributed by atoms with van der Waals surface area (Å²) in [5.74, 6) is 0. The summed E-state index contributed by atoms with van der Waals surface area (Å²) in [5.41, 5.74) is 0. The van der Waals surface area contributed by atoms with Crippen LogP contribution in [-0.4, -0.2) is 109 Å². The fraction of sp³-hybridized carbons (Fsp3) is 1.00. The minimum atomic E-state index is -1.67. The van der Waals surface area contributed by atoms with Crippen LogP contribution >= 0.6 is 0 Å². The molecule has 0 aliphatic rings. The first-order chi connectivity index (χ1) is 5.54. The van der Waals surface area contributed by atoms with Crippen LogP contribution in [0.4, 0.5) is 0 Å². The first-order valence-corrected chi connectivity index (χ1v) is 3.48. The number of hydrogen-bond donors (Lipinski definition) is 6. The van der Waals surface area contributed by atoms with Gasteiger partial charge in [0.25, 0.3) is 0 Å². The Bertz CT molecular complexity index is 124. The van der Waals surface area contributed by atoms with Crippen molar-refractivity contribution in [3.63, 3.8) is 0 Å². The van der Waals surface area contributed by atoms with E-state index in [0.717, 1.165) is 0 Å². The van der Waals surface area contributed by atoms with Gasteiger partial charge in [0.05, 0.1) is 13.2 Å². The second-order valence-corrected chi connectivity index (χ2v) is 2.48. The van der Waals surface area contributed by atoms with Crippen LogP contribution in [0.15, 0.2) is 0 Å². The van der Waals surface area contributed by atoms with Gasteiger partial charge < -0.3 is 33.5 Å². The molecular weight excluding hydrogens is 219 g/mol. The van der Waals surface area contributed by atoms with E-state index in [4.69, 9.17) is 30.6 Å². The Morgan fingerprint density at radius 2 is 1.00 bits per heavy atom. The summed E-state index contributed by atoms with van der Waals surface area (Å²) in [6, 6.07) is 0. The van der Waals surface area contributed by atoms with Gasteiger partial charge in [-0.15, -0.1) is 0 Å². The van der Waals surface area contributed by atoms with Gasteiger partial charge in [-0.05, 0) is 0 Å². The number of hydrogen-bond acceptors (Lipinski definition) is 6. The third-order valence-electron chi connectivity index (χ3n) is 1.51. The second kappa shape index (κ2) is 10.6. The fourth-order valence-electron chi connectivity index (χ4n) is 0.671. The van der Waals surface area contributed by atoms with Crippen LogP contribution in [0.2, 0.25) is 0 Å². The monoisotopic (exact) mass is 238 g/mol. The summed E-state index contributed by atoms with van der Waals surface area (Å²) >= 11 is 0. The maximum absolute atomic E-state index is 8.96. The molecule has 0 aromatic heterocycles. The van der Waals surface area contributed by atoms with Crippen molar-refractivity contribution in [2.45, 2.75) is 24.4 Å². The molecule has 0 aliphatic heterocycles. The predicted molar refractivity (Wildman–Crippen MR) is 56.1 cm³/mol. The van der Waals surface area contributed by atoms with Crippen LogP contribution in [0, 0.1) is 0 Å². The van der Waals surface area contributed by atoms with Gasteiger partial charge in [0.1, 0.15) is 24.4 Å². The second-order valence-electron chi connectivity index (χ2n) is 2.48. The van der Waals surface area contributed by atoms with Crippen LogP contribution < -0.4 is 0 Å². The molecule has 0 aliphatic carbocycles. The van der Waals surface area contributed by atoms with Gasteiger partial charge in [-0.3, -0.25) is 0 Å². The van der Waals surface area contributed by atoms with E-state index in [-0.39, 0.29) is 43.3 Å². The van der Waals surface area contributed by atoms with Crippen molar-refractivity contribution in [1.29, 1.82) is 0 Å². The Balaban J connectivity index is -0.000000101. The fourth-order valence-corrected chi connectivity index (χ4v) is 0.671. The van der Waals surface area contributed by atoms with E-state index < -0.39 is 37.6 Å². The molecule has 0 unspecified atom stereocenters. The average Bonchev–Trinajstić information content (AvgIpc) is 2.12. The molecule has 84 valence electrons. The van der Waals surface area contributed by atoms with Gasteiger partial charge in [-0.1, -0.05) is 0 Å². The molecule has 0 aromatic carbocycles. The number of aliphatic hydroxyl groups is 6. The van der Waals surface area contributed by atoms with Crippen LogP contribution in [0.25, 0.3) is 0 Å². The summed E-state index contributed by atoms with van der Waals surface area (Å²) in [6.07, 6.45) is -6.39. The molecular formula is C6H19AlMgO6. The first kappa shape index (κ1) is 20.5. The maximum Gasteiger partial charge on any atom is 2.00 e. The molecule has 0 heterocycles. The number of rotatable bonds is 5. The molecule has 0 bridgehead atoms. The molecule has 0 radical (unpaired) electrons. The van der Waals surface area contributed by atoms with E-state index in [0.29, 0.717) is 0 Å². The number of aliphatic hydroxyl groups excluding tert-OH is 6. The molecule has 0 fully saturated rings. The van der Waals surface area contributed by atoms with Crippen LogP contribution in [0.3, 0.4) is 0 Å². The smallest absolute Gasteiger partial charge is 1.00 e. The van der Waals surface area contributed by atoms with Crippen molar-refractivity contribution in [1.82, 2.24) is 0 Å². The molecule has 0 rings (SSSR count). The van der Waals surface area contributed by atoms with Gasteiger partial charge in [-0.2, -0.15) is 0 Å². The Morgan fingerprint density at radius 3 is 1.14 bits per heavy atom. The third-order valence-corrected chi connectivity index (χ3v) is 1.51. The quantitative estimate of drug-likeness (QED) is 0.267. The minimum absolute atomic E-state index is 0. The standard InChI is InChI=1S/C6H14O6.Al.Mg.5H/c7-1-3(9)5(11)6(12)4(10)2-8;;;;;;;/h3-12H,1-2H2;;;;;;;/q;;+2;;;;2*-1/t3-,4+,5-,6-;;;;;;;/m1......./s1. The largest absolute Gasteiger partial charge is 2.00 e. The first-order valence-electron chi connectivity index (χ1n) is 3.48. The van der Waals surface area contributed by atoms with E-state index in [1.54, 1.807) is 0 Å². The molecule has 0 spiro atoms. The van der Waals surface area contributed by atoms with E-state index >= 15 is 0 Å². The Labute approximate surface area is 111 Å². The molecule has 4 atom stereocenters. The molecule has 6 N–H and O–H groups in total. The van der Waals surface area contributed by atoms with E-state index in [9.17, 15) is 0 Å². The summed E-state index contributed by atoms with van der Waals surface area (Å²) in [4.78, 5) is 0. The third kappa shape index (κ3) is 6.53. The van der Waals surface area contributed by atoms with Gasteiger partial charge in [0.15, 0.2) is 17.4 Å². The topological polar surface area (TPSA) is 121 Å². The zero-order valence-electron chi connectivity index (χ0n) is 9.11. The van der Waals surface area contributed by atoms with Gasteiger partial charge in [0.2, 0.25) is 0 Å². The normalized spacial score (nSPS) is 18.4. The SMILES string of the molecule is OC[C@@H](O)[C@@H](O)[C@H](O)[C@@H](O)CO.[AlH3].[H-].[H-].[Mg+2]. The Kier molecular flexibility index (Phi) is 15.5. The predicted octanol–water partition coefficient (Wildman–Crippen LogP) is -4.93. The van der Waals surface area contributed by atoms with Crippen molar-refractivity contribution in [2.24, 2.45) is 0 Å². The molecule has 0 amide bonds. The molecule has 0 saturated heterocycles. The van der Waals surface area contributed by atoms with Crippen molar-refractivity contribution in [3.05, 3.63) is 0 Å². The van der Waals surface area contributed by atoms with Crippen molar-refractivity contribution in [2.75, 3.05) is 13.2 Å². The van der Waals surface area contributed by atoms with Gasteiger partial charge in [0, 0.05) is 0 Å². The van der Waals surface area contributed by atoms with Crippen LogP contribution in [0.5, 0.6) is 0 Å². The van der Waals surface area contributed by atoms with Crippen LogP contribution in [-0.2, 0) is 0 Å².